The number of esters is 1. The van der Waals surface area contributed by atoms with Crippen molar-refractivity contribution >= 4 is 11.9 Å². The van der Waals surface area contributed by atoms with E-state index in [1.54, 1.807) is 17.9 Å². The molecule has 1 aromatic heterocycles. The Morgan fingerprint density at radius 3 is 3.00 bits per heavy atom. The second-order valence-electron chi connectivity index (χ2n) is 4.77. The molecular weight excluding hydrogens is 264 g/mol. The van der Waals surface area contributed by atoms with Crippen molar-refractivity contribution in [1.82, 2.24) is 10.1 Å². The SMILES string of the molecule is COC(=O)C1CCCN(C(=O)COc2cc(C)on2)C1. The van der Waals surface area contributed by atoms with Crippen LogP contribution >= 0.6 is 0 Å². The highest BCUT2D eigenvalue weighted by Gasteiger charge is 2.29. The fraction of sp³-hybridized carbons (Fsp3) is 0.615. The minimum atomic E-state index is -0.268. The maximum Gasteiger partial charge on any atom is 0.310 e. The van der Waals surface area contributed by atoms with Crippen LogP contribution in [0.2, 0.25) is 0 Å². The standard InChI is InChI=1S/C13H18N2O5/c1-9-6-11(14-20-9)19-8-12(16)15-5-3-4-10(7-15)13(17)18-2/h6,10H,3-5,7-8H2,1-2H3. The number of hydrogen-bond acceptors (Lipinski definition) is 6. The molecule has 1 aliphatic rings. The first kappa shape index (κ1) is 14.4. The Kier molecular flexibility index (Phi) is 4.60. The number of aromatic nitrogens is 1. The molecular formula is C13H18N2O5. The molecule has 0 spiro atoms. The van der Waals surface area contributed by atoms with E-state index in [1.807, 2.05) is 0 Å². The molecule has 0 aliphatic carbocycles. The van der Waals surface area contributed by atoms with E-state index in [4.69, 9.17) is 14.0 Å². The van der Waals surface area contributed by atoms with Crippen LogP contribution in [-0.4, -0.2) is 48.7 Å². The maximum atomic E-state index is 12.0. The number of carbonyl (C=O) groups is 2. The molecule has 0 aromatic carbocycles. The Balaban J connectivity index is 1.84. The average molecular weight is 282 g/mol. The summed E-state index contributed by atoms with van der Waals surface area (Å²) in [5.41, 5.74) is 0. The fourth-order valence-electron chi connectivity index (χ4n) is 2.20. The van der Waals surface area contributed by atoms with Crippen LogP contribution in [0.1, 0.15) is 18.6 Å². The number of aryl methyl sites for hydroxylation is 1. The van der Waals surface area contributed by atoms with Gasteiger partial charge in [0.2, 0.25) is 0 Å². The van der Waals surface area contributed by atoms with Crippen molar-refractivity contribution in [1.29, 1.82) is 0 Å². The van der Waals surface area contributed by atoms with Gasteiger partial charge in [-0.05, 0) is 24.9 Å². The van der Waals surface area contributed by atoms with Crippen LogP contribution in [0.15, 0.2) is 10.6 Å². The molecule has 0 radical (unpaired) electrons. The molecule has 2 rings (SSSR count). The van der Waals surface area contributed by atoms with Gasteiger partial charge in [-0.15, -0.1) is 0 Å². The molecule has 1 atom stereocenters. The zero-order valence-corrected chi connectivity index (χ0v) is 11.6. The first-order valence-electron chi connectivity index (χ1n) is 6.52. The van der Waals surface area contributed by atoms with Gasteiger partial charge in [0.15, 0.2) is 6.61 Å². The maximum absolute atomic E-state index is 12.0. The molecule has 1 amide bonds. The molecule has 1 aliphatic heterocycles. The Morgan fingerprint density at radius 1 is 1.55 bits per heavy atom. The molecule has 2 heterocycles. The third-order valence-corrected chi connectivity index (χ3v) is 3.26. The van der Waals surface area contributed by atoms with E-state index in [9.17, 15) is 9.59 Å². The summed E-state index contributed by atoms with van der Waals surface area (Å²) in [6, 6.07) is 1.61. The minimum absolute atomic E-state index is 0.111. The van der Waals surface area contributed by atoms with Crippen molar-refractivity contribution in [2.45, 2.75) is 19.8 Å². The minimum Gasteiger partial charge on any atom is -0.469 e. The van der Waals surface area contributed by atoms with E-state index in [-0.39, 0.29) is 30.3 Å². The third-order valence-electron chi connectivity index (χ3n) is 3.26. The van der Waals surface area contributed by atoms with E-state index < -0.39 is 0 Å². The number of amides is 1. The number of methoxy groups -OCH3 is 1. The van der Waals surface area contributed by atoms with Crippen molar-refractivity contribution in [2.75, 3.05) is 26.8 Å². The van der Waals surface area contributed by atoms with Gasteiger partial charge in [0.1, 0.15) is 5.76 Å². The lowest BCUT2D eigenvalue weighted by molar-refractivity contribution is -0.149. The molecule has 1 aromatic rings. The normalized spacial score (nSPS) is 18.7. The number of hydrogen-bond donors (Lipinski definition) is 0. The quantitative estimate of drug-likeness (QED) is 0.759. The van der Waals surface area contributed by atoms with Crippen LogP contribution in [0.25, 0.3) is 0 Å². The number of nitrogens with zero attached hydrogens (tertiary/aromatic N) is 2. The molecule has 1 fully saturated rings. The van der Waals surface area contributed by atoms with Gasteiger partial charge in [-0.2, -0.15) is 0 Å². The van der Waals surface area contributed by atoms with Gasteiger partial charge >= 0.3 is 5.97 Å². The van der Waals surface area contributed by atoms with Gasteiger partial charge in [0.05, 0.1) is 13.0 Å². The van der Waals surface area contributed by atoms with Crippen LogP contribution in [0.4, 0.5) is 0 Å². The second kappa shape index (κ2) is 6.40. The van der Waals surface area contributed by atoms with Crippen molar-refractivity contribution in [3.8, 4) is 5.88 Å². The summed E-state index contributed by atoms with van der Waals surface area (Å²) in [6.45, 7) is 2.65. The zero-order valence-electron chi connectivity index (χ0n) is 11.6. The first-order chi connectivity index (χ1) is 9.60. The topological polar surface area (TPSA) is 81.9 Å². The number of ether oxygens (including phenoxy) is 2. The Hall–Kier alpha value is -2.05. The summed E-state index contributed by atoms with van der Waals surface area (Å²) in [5, 5.41) is 3.65. The molecule has 1 saturated heterocycles. The highest BCUT2D eigenvalue weighted by Crippen LogP contribution is 2.18. The molecule has 0 N–H and O–H groups in total. The lowest BCUT2D eigenvalue weighted by Gasteiger charge is -2.31. The molecule has 7 nitrogen and oxygen atoms in total. The average Bonchev–Trinajstić information content (AvgIpc) is 2.89. The Bertz CT molecular complexity index is 485. The van der Waals surface area contributed by atoms with Gasteiger partial charge in [0, 0.05) is 19.2 Å². The zero-order chi connectivity index (χ0) is 14.5. The van der Waals surface area contributed by atoms with Crippen molar-refractivity contribution in [3.05, 3.63) is 11.8 Å². The van der Waals surface area contributed by atoms with Crippen LogP contribution in [0.3, 0.4) is 0 Å². The number of piperidine rings is 1. The van der Waals surface area contributed by atoms with Gasteiger partial charge in [-0.1, -0.05) is 0 Å². The Morgan fingerprint density at radius 2 is 2.35 bits per heavy atom. The molecule has 0 saturated carbocycles. The largest absolute Gasteiger partial charge is 0.469 e. The predicted molar refractivity (Wildman–Crippen MR) is 68.1 cm³/mol. The summed E-state index contributed by atoms with van der Waals surface area (Å²) in [5.74, 6) is 0.232. The number of carbonyl (C=O) groups excluding carboxylic acids is 2. The van der Waals surface area contributed by atoms with E-state index >= 15 is 0 Å². The lowest BCUT2D eigenvalue weighted by atomic mass is 9.98. The van der Waals surface area contributed by atoms with Gasteiger partial charge in [-0.3, -0.25) is 9.59 Å². The van der Waals surface area contributed by atoms with E-state index in [0.717, 1.165) is 12.8 Å². The van der Waals surface area contributed by atoms with E-state index in [0.29, 0.717) is 18.8 Å². The van der Waals surface area contributed by atoms with E-state index in [1.165, 1.54) is 7.11 Å². The Labute approximate surface area is 116 Å². The molecule has 0 bridgehead atoms. The number of likely N-dealkylation sites (tertiary alicyclic amines) is 1. The fourth-order valence-corrected chi connectivity index (χ4v) is 2.20. The summed E-state index contributed by atoms with van der Waals surface area (Å²) < 4.78 is 14.8. The van der Waals surface area contributed by atoms with Gasteiger partial charge < -0.3 is 18.9 Å². The van der Waals surface area contributed by atoms with Crippen molar-refractivity contribution in [2.24, 2.45) is 5.92 Å². The summed E-state index contributed by atoms with van der Waals surface area (Å²) in [6.07, 6.45) is 1.54. The molecule has 7 heteroatoms. The number of rotatable bonds is 4. The van der Waals surface area contributed by atoms with Gasteiger partial charge in [-0.25, -0.2) is 0 Å². The molecule has 20 heavy (non-hydrogen) atoms. The lowest BCUT2D eigenvalue weighted by Crippen LogP contribution is -2.44. The molecule has 110 valence electrons. The predicted octanol–water partition coefficient (Wildman–Crippen LogP) is 0.773. The monoisotopic (exact) mass is 282 g/mol. The van der Waals surface area contributed by atoms with Crippen molar-refractivity contribution < 1.29 is 23.6 Å². The third kappa shape index (κ3) is 3.49. The molecule has 1 unspecified atom stereocenters. The van der Waals surface area contributed by atoms with Crippen LogP contribution in [0, 0.1) is 12.8 Å². The smallest absolute Gasteiger partial charge is 0.310 e. The van der Waals surface area contributed by atoms with Gasteiger partial charge in [0.25, 0.3) is 11.8 Å². The van der Waals surface area contributed by atoms with Crippen LogP contribution in [0.5, 0.6) is 5.88 Å². The second-order valence-corrected chi connectivity index (χ2v) is 4.77. The highest BCUT2D eigenvalue weighted by molar-refractivity contribution is 5.79. The van der Waals surface area contributed by atoms with E-state index in [2.05, 4.69) is 5.16 Å². The van der Waals surface area contributed by atoms with Crippen molar-refractivity contribution in [3.63, 3.8) is 0 Å². The summed E-state index contributed by atoms with van der Waals surface area (Å²) >= 11 is 0. The highest BCUT2D eigenvalue weighted by atomic mass is 16.5. The summed E-state index contributed by atoms with van der Waals surface area (Å²) in [7, 11) is 1.36. The van der Waals surface area contributed by atoms with Crippen LogP contribution < -0.4 is 4.74 Å². The summed E-state index contributed by atoms with van der Waals surface area (Å²) in [4.78, 5) is 25.2. The first-order valence-corrected chi connectivity index (χ1v) is 6.52. The van der Waals surface area contributed by atoms with Crippen LogP contribution in [-0.2, 0) is 14.3 Å².